The Morgan fingerprint density at radius 3 is 2.46 bits per heavy atom. The molecule has 0 bridgehead atoms. The van der Waals surface area contributed by atoms with E-state index in [1.54, 1.807) is 18.0 Å². The maximum absolute atomic E-state index is 13.0. The predicted molar refractivity (Wildman–Crippen MR) is 103 cm³/mol. The first-order chi connectivity index (χ1) is 12.3. The molecular weight excluding hydrogens is 328 g/mol. The Balaban J connectivity index is 1.72. The van der Waals surface area contributed by atoms with Gasteiger partial charge in [0.1, 0.15) is 11.8 Å². The lowest BCUT2D eigenvalue weighted by Gasteiger charge is -2.49. The molecule has 26 heavy (non-hydrogen) atoms. The lowest BCUT2D eigenvalue weighted by atomic mass is 9.97. The molecule has 1 aliphatic heterocycles. The average Bonchev–Trinajstić information content (AvgIpc) is 3.06. The first-order valence-electron chi connectivity index (χ1n) is 9.03. The first-order valence-corrected chi connectivity index (χ1v) is 9.03. The number of methoxy groups -OCH3 is 1. The van der Waals surface area contributed by atoms with Gasteiger partial charge in [0, 0.05) is 31.5 Å². The molecule has 1 atom stereocenters. The number of aromatic nitrogens is 2. The molecule has 1 unspecified atom stereocenters. The smallest absolute Gasteiger partial charge is 0.247 e. The van der Waals surface area contributed by atoms with Crippen LogP contribution in [0.25, 0.3) is 0 Å². The molecule has 0 saturated carbocycles. The maximum atomic E-state index is 13.0. The van der Waals surface area contributed by atoms with Gasteiger partial charge in [-0.15, -0.1) is 0 Å². The fourth-order valence-corrected chi connectivity index (χ4v) is 3.61. The number of anilines is 1. The van der Waals surface area contributed by atoms with Crippen LogP contribution in [0.3, 0.4) is 0 Å². The number of carbonyl (C=O) groups is 1. The van der Waals surface area contributed by atoms with Crippen molar-refractivity contribution in [3.05, 3.63) is 42.2 Å². The molecule has 2 heterocycles. The number of carbonyl (C=O) groups excluding carboxylic acids is 1. The van der Waals surface area contributed by atoms with Gasteiger partial charge in [-0.2, -0.15) is 5.10 Å². The summed E-state index contributed by atoms with van der Waals surface area (Å²) in [6, 6.07) is 7.82. The van der Waals surface area contributed by atoms with E-state index in [1.165, 1.54) is 0 Å². The molecule has 1 amide bonds. The summed E-state index contributed by atoms with van der Waals surface area (Å²) >= 11 is 0. The number of piperazine rings is 1. The zero-order chi connectivity index (χ0) is 18.9. The van der Waals surface area contributed by atoms with Crippen molar-refractivity contribution in [2.24, 2.45) is 0 Å². The van der Waals surface area contributed by atoms with Gasteiger partial charge < -0.3 is 14.5 Å². The molecule has 1 fully saturated rings. The highest BCUT2D eigenvalue weighted by atomic mass is 16.5. The summed E-state index contributed by atoms with van der Waals surface area (Å²) in [5.41, 5.74) is 2.07. The van der Waals surface area contributed by atoms with Crippen molar-refractivity contribution in [2.45, 2.75) is 39.3 Å². The summed E-state index contributed by atoms with van der Waals surface area (Å²) in [4.78, 5) is 17.3. The normalized spacial score (nSPS) is 17.9. The highest BCUT2D eigenvalue weighted by Gasteiger charge is 2.37. The largest absolute Gasteiger partial charge is 0.497 e. The van der Waals surface area contributed by atoms with Crippen molar-refractivity contribution in [3.63, 3.8) is 0 Å². The second kappa shape index (κ2) is 7.02. The number of rotatable bonds is 4. The van der Waals surface area contributed by atoms with E-state index in [2.05, 4.69) is 36.0 Å². The number of ether oxygens (including phenoxy) is 1. The second-order valence-electron chi connectivity index (χ2n) is 7.60. The second-order valence-corrected chi connectivity index (χ2v) is 7.60. The van der Waals surface area contributed by atoms with Gasteiger partial charge in [-0.1, -0.05) is 0 Å². The van der Waals surface area contributed by atoms with Gasteiger partial charge in [0.05, 0.1) is 18.8 Å². The van der Waals surface area contributed by atoms with E-state index < -0.39 is 0 Å². The number of nitrogens with zero attached hydrogens (tertiary/aromatic N) is 4. The SMILES string of the molecule is COc1ccc(N2CCN(C(=O)C(C)n3cc(C)cn3)CC2(C)C)cc1. The van der Waals surface area contributed by atoms with Crippen molar-refractivity contribution >= 4 is 11.6 Å². The minimum absolute atomic E-state index is 0.121. The monoisotopic (exact) mass is 356 g/mol. The van der Waals surface area contributed by atoms with Crippen LogP contribution in [0.1, 0.15) is 32.4 Å². The third-order valence-corrected chi connectivity index (χ3v) is 5.08. The zero-order valence-electron chi connectivity index (χ0n) is 16.3. The lowest BCUT2D eigenvalue weighted by Crippen LogP contribution is -2.61. The summed E-state index contributed by atoms with van der Waals surface area (Å²) in [6.07, 6.45) is 3.71. The van der Waals surface area contributed by atoms with Crippen LogP contribution in [0.2, 0.25) is 0 Å². The number of hydrogen-bond acceptors (Lipinski definition) is 4. The van der Waals surface area contributed by atoms with Crippen LogP contribution < -0.4 is 9.64 Å². The molecule has 6 heteroatoms. The van der Waals surface area contributed by atoms with Crippen LogP contribution in [-0.2, 0) is 4.79 Å². The topological polar surface area (TPSA) is 50.6 Å². The molecule has 1 aliphatic rings. The molecule has 1 saturated heterocycles. The molecular formula is C20H28N4O2. The highest BCUT2D eigenvalue weighted by molar-refractivity contribution is 5.80. The van der Waals surface area contributed by atoms with Crippen LogP contribution in [0.15, 0.2) is 36.7 Å². The molecule has 2 aromatic rings. The number of hydrogen-bond donors (Lipinski definition) is 0. The van der Waals surface area contributed by atoms with Gasteiger partial charge in [0.25, 0.3) is 0 Å². The number of benzene rings is 1. The summed E-state index contributed by atoms with van der Waals surface area (Å²) in [5, 5.41) is 4.29. The van der Waals surface area contributed by atoms with Crippen LogP contribution in [0.5, 0.6) is 5.75 Å². The number of aryl methyl sites for hydroxylation is 1. The Hall–Kier alpha value is -2.50. The highest BCUT2D eigenvalue weighted by Crippen LogP contribution is 2.30. The van der Waals surface area contributed by atoms with Crippen LogP contribution >= 0.6 is 0 Å². The van der Waals surface area contributed by atoms with Gasteiger partial charge in [0.2, 0.25) is 5.91 Å². The lowest BCUT2D eigenvalue weighted by molar-refractivity contribution is -0.136. The third-order valence-electron chi connectivity index (χ3n) is 5.08. The molecule has 0 N–H and O–H groups in total. The molecule has 0 aliphatic carbocycles. The summed E-state index contributed by atoms with van der Waals surface area (Å²) in [6.45, 7) is 10.4. The molecule has 0 spiro atoms. The van der Waals surface area contributed by atoms with Gasteiger partial charge >= 0.3 is 0 Å². The predicted octanol–water partition coefficient (Wildman–Crippen LogP) is 2.89. The summed E-state index contributed by atoms with van der Waals surface area (Å²) < 4.78 is 7.00. The average molecular weight is 356 g/mol. The van der Waals surface area contributed by atoms with Gasteiger partial charge in [-0.25, -0.2) is 0 Å². The van der Waals surface area contributed by atoms with Crippen LogP contribution in [-0.4, -0.2) is 52.9 Å². The minimum Gasteiger partial charge on any atom is -0.497 e. The van der Waals surface area contributed by atoms with Crippen molar-refractivity contribution in [1.29, 1.82) is 0 Å². The Bertz CT molecular complexity index is 766. The van der Waals surface area contributed by atoms with Crippen LogP contribution in [0, 0.1) is 6.92 Å². The Kier molecular flexibility index (Phi) is 4.94. The molecule has 0 radical (unpaired) electrons. The molecule has 1 aromatic carbocycles. The zero-order valence-corrected chi connectivity index (χ0v) is 16.3. The van der Waals surface area contributed by atoms with E-state index >= 15 is 0 Å². The fourth-order valence-electron chi connectivity index (χ4n) is 3.61. The molecule has 1 aromatic heterocycles. The molecule has 6 nitrogen and oxygen atoms in total. The van der Waals surface area contributed by atoms with E-state index in [1.807, 2.05) is 37.1 Å². The van der Waals surface area contributed by atoms with E-state index in [0.717, 1.165) is 23.5 Å². The van der Waals surface area contributed by atoms with Crippen molar-refractivity contribution < 1.29 is 9.53 Å². The van der Waals surface area contributed by atoms with Crippen molar-refractivity contribution in [3.8, 4) is 5.75 Å². The van der Waals surface area contributed by atoms with Gasteiger partial charge in [0.15, 0.2) is 0 Å². The quantitative estimate of drug-likeness (QED) is 0.845. The van der Waals surface area contributed by atoms with Crippen molar-refractivity contribution in [1.82, 2.24) is 14.7 Å². The van der Waals surface area contributed by atoms with E-state index in [-0.39, 0.29) is 17.5 Å². The Morgan fingerprint density at radius 2 is 1.92 bits per heavy atom. The first kappa shape index (κ1) is 18.3. The maximum Gasteiger partial charge on any atom is 0.247 e. The number of amides is 1. The fraction of sp³-hybridized carbons (Fsp3) is 0.500. The van der Waals surface area contributed by atoms with E-state index in [9.17, 15) is 4.79 Å². The van der Waals surface area contributed by atoms with Crippen molar-refractivity contribution in [2.75, 3.05) is 31.6 Å². The van der Waals surface area contributed by atoms with E-state index in [0.29, 0.717) is 13.1 Å². The van der Waals surface area contributed by atoms with Gasteiger partial charge in [-0.3, -0.25) is 9.48 Å². The summed E-state index contributed by atoms with van der Waals surface area (Å²) in [7, 11) is 1.67. The Labute approximate surface area is 155 Å². The summed E-state index contributed by atoms with van der Waals surface area (Å²) in [5.74, 6) is 0.972. The minimum atomic E-state index is -0.285. The standard InChI is InChI=1S/C20H28N4O2/c1-15-12-21-24(13-15)16(2)19(25)22-10-11-23(20(3,4)14-22)17-6-8-18(26-5)9-7-17/h6-9,12-13,16H,10-11,14H2,1-5H3. The Morgan fingerprint density at radius 1 is 1.23 bits per heavy atom. The molecule has 3 rings (SSSR count). The third kappa shape index (κ3) is 3.54. The van der Waals surface area contributed by atoms with Crippen LogP contribution in [0.4, 0.5) is 5.69 Å². The van der Waals surface area contributed by atoms with E-state index in [4.69, 9.17) is 4.74 Å². The molecule has 140 valence electrons. The van der Waals surface area contributed by atoms with Gasteiger partial charge in [-0.05, 0) is 57.5 Å².